The van der Waals surface area contributed by atoms with Gasteiger partial charge in [-0.05, 0) is 37.1 Å². The molecule has 0 radical (unpaired) electrons. The van der Waals surface area contributed by atoms with Crippen LogP contribution < -0.4 is 4.74 Å². The predicted octanol–water partition coefficient (Wildman–Crippen LogP) is 3.72. The van der Waals surface area contributed by atoms with Crippen LogP contribution >= 0.6 is 0 Å². The third kappa shape index (κ3) is 5.20. The zero-order chi connectivity index (χ0) is 21.0. The SMILES string of the molecule is COc1ccc(COC2COC3COC(C)(C)O[C@H]3[C@H]2OCc2ccccc2)cc1. The normalized spacial score (nSPS) is 28.0. The monoisotopic (exact) mass is 414 g/mol. The minimum absolute atomic E-state index is 0.167. The van der Waals surface area contributed by atoms with Gasteiger partial charge in [-0.3, -0.25) is 0 Å². The highest BCUT2D eigenvalue weighted by Crippen LogP contribution is 2.33. The van der Waals surface area contributed by atoms with E-state index in [1.54, 1.807) is 7.11 Å². The molecule has 4 rings (SSSR count). The van der Waals surface area contributed by atoms with E-state index in [1.807, 2.05) is 56.3 Å². The average molecular weight is 414 g/mol. The molecule has 2 fully saturated rings. The third-order valence-electron chi connectivity index (χ3n) is 5.45. The van der Waals surface area contributed by atoms with Crippen LogP contribution in [0.2, 0.25) is 0 Å². The molecule has 4 atom stereocenters. The van der Waals surface area contributed by atoms with Crippen molar-refractivity contribution in [2.45, 2.75) is 57.3 Å². The van der Waals surface area contributed by atoms with Crippen LogP contribution in [0.5, 0.6) is 5.75 Å². The molecular formula is C24H30O6. The Morgan fingerprint density at radius 1 is 0.900 bits per heavy atom. The van der Waals surface area contributed by atoms with Crippen LogP contribution in [0.15, 0.2) is 54.6 Å². The lowest BCUT2D eigenvalue weighted by Crippen LogP contribution is -2.62. The Balaban J connectivity index is 1.46. The Bertz CT molecular complexity index is 791. The predicted molar refractivity (Wildman–Crippen MR) is 111 cm³/mol. The second-order valence-electron chi connectivity index (χ2n) is 8.12. The summed E-state index contributed by atoms with van der Waals surface area (Å²) >= 11 is 0. The van der Waals surface area contributed by atoms with E-state index in [4.69, 9.17) is 28.4 Å². The molecule has 0 saturated carbocycles. The van der Waals surface area contributed by atoms with Gasteiger partial charge in [0.15, 0.2) is 5.79 Å². The molecule has 0 bridgehead atoms. The van der Waals surface area contributed by atoms with Crippen molar-refractivity contribution in [3.63, 3.8) is 0 Å². The molecule has 2 unspecified atom stereocenters. The maximum Gasteiger partial charge on any atom is 0.163 e. The topological polar surface area (TPSA) is 55.4 Å². The van der Waals surface area contributed by atoms with Crippen molar-refractivity contribution in [1.29, 1.82) is 0 Å². The van der Waals surface area contributed by atoms with E-state index in [-0.39, 0.29) is 24.4 Å². The molecule has 2 aromatic rings. The molecule has 0 spiro atoms. The Morgan fingerprint density at radius 3 is 2.33 bits per heavy atom. The van der Waals surface area contributed by atoms with Crippen LogP contribution in [-0.4, -0.2) is 50.5 Å². The summed E-state index contributed by atoms with van der Waals surface area (Å²) in [5, 5.41) is 0. The highest BCUT2D eigenvalue weighted by atomic mass is 16.7. The third-order valence-corrected chi connectivity index (χ3v) is 5.45. The van der Waals surface area contributed by atoms with Crippen molar-refractivity contribution in [2.75, 3.05) is 20.3 Å². The molecule has 2 heterocycles. The van der Waals surface area contributed by atoms with E-state index in [9.17, 15) is 0 Å². The summed E-state index contributed by atoms with van der Waals surface area (Å²) < 4.78 is 35.9. The lowest BCUT2D eigenvalue weighted by atomic mass is 9.98. The van der Waals surface area contributed by atoms with Crippen LogP contribution in [-0.2, 0) is 36.9 Å². The smallest absolute Gasteiger partial charge is 0.163 e. The van der Waals surface area contributed by atoms with Crippen LogP contribution in [0.25, 0.3) is 0 Å². The minimum Gasteiger partial charge on any atom is -0.497 e. The summed E-state index contributed by atoms with van der Waals surface area (Å²) in [4.78, 5) is 0. The number of rotatable bonds is 7. The van der Waals surface area contributed by atoms with E-state index in [2.05, 4.69) is 12.1 Å². The van der Waals surface area contributed by atoms with Gasteiger partial charge >= 0.3 is 0 Å². The van der Waals surface area contributed by atoms with Gasteiger partial charge in [-0.25, -0.2) is 0 Å². The molecule has 0 amide bonds. The Labute approximate surface area is 178 Å². The molecule has 30 heavy (non-hydrogen) atoms. The summed E-state index contributed by atoms with van der Waals surface area (Å²) in [5.41, 5.74) is 2.17. The fraction of sp³-hybridized carbons (Fsp3) is 0.500. The van der Waals surface area contributed by atoms with Crippen LogP contribution in [0.4, 0.5) is 0 Å². The zero-order valence-corrected chi connectivity index (χ0v) is 17.8. The van der Waals surface area contributed by atoms with Gasteiger partial charge in [0.1, 0.15) is 30.2 Å². The first-order valence-corrected chi connectivity index (χ1v) is 10.4. The maximum absolute atomic E-state index is 6.36. The van der Waals surface area contributed by atoms with Crippen molar-refractivity contribution < 1.29 is 28.4 Å². The molecular weight excluding hydrogens is 384 g/mol. The van der Waals surface area contributed by atoms with Gasteiger partial charge in [0.2, 0.25) is 0 Å². The number of fused-ring (bicyclic) bond motifs is 1. The van der Waals surface area contributed by atoms with Gasteiger partial charge in [0.25, 0.3) is 0 Å². The van der Waals surface area contributed by atoms with Crippen molar-refractivity contribution in [1.82, 2.24) is 0 Å². The van der Waals surface area contributed by atoms with Gasteiger partial charge in [-0.2, -0.15) is 0 Å². The quantitative estimate of drug-likeness (QED) is 0.688. The average Bonchev–Trinajstić information content (AvgIpc) is 2.77. The fourth-order valence-corrected chi connectivity index (χ4v) is 3.80. The van der Waals surface area contributed by atoms with E-state index in [1.165, 1.54) is 0 Å². The first-order valence-electron chi connectivity index (χ1n) is 10.4. The Hall–Kier alpha value is -1.96. The number of benzene rings is 2. The summed E-state index contributed by atoms with van der Waals surface area (Å²) in [6.45, 7) is 5.69. The highest BCUT2D eigenvalue weighted by Gasteiger charge is 2.48. The van der Waals surface area contributed by atoms with Gasteiger partial charge in [0, 0.05) is 0 Å². The minimum atomic E-state index is -0.684. The van der Waals surface area contributed by atoms with E-state index in [0.29, 0.717) is 26.4 Å². The standard InChI is InChI=1S/C24H30O6/c1-24(2)29-16-21-23(30-24)22(28-14-17-7-5-4-6-8-17)20(15-27-21)26-13-18-9-11-19(25-3)12-10-18/h4-12,20-23H,13-16H2,1-3H3/t20?,21?,22-,23+/m0/s1. The van der Waals surface area contributed by atoms with Gasteiger partial charge < -0.3 is 28.4 Å². The summed E-state index contributed by atoms with van der Waals surface area (Å²) in [6.07, 6.45) is -0.928. The molecule has 6 nitrogen and oxygen atoms in total. The van der Waals surface area contributed by atoms with E-state index < -0.39 is 5.79 Å². The molecule has 6 heteroatoms. The summed E-state index contributed by atoms with van der Waals surface area (Å²) in [7, 11) is 1.66. The van der Waals surface area contributed by atoms with Crippen molar-refractivity contribution in [3.05, 3.63) is 65.7 Å². The van der Waals surface area contributed by atoms with Crippen LogP contribution in [0, 0.1) is 0 Å². The van der Waals surface area contributed by atoms with E-state index >= 15 is 0 Å². The van der Waals surface area contributed by atoms with Crippen molar-refractivity contribution in [3.8, 4) is 5.75 Å². The van der Waals surface area contributed by atoms with Crippen LogP contribution in [0.3, 0.4) is 0 Å². The van der Waals surface area contributed by atoms with Gasteiger partial charge in [-0.1, -0.05) is 42.5 Å². The molecule has 0 aliphatic carbocycles. The zero-order valence-electron chi connectivity index (χ0n) is 17.8. The van der Waals surface area contributed by atoms with Crippen LogP contribution in [0.1, 0.15) is 25.0 Å². The number of hydrogen-bond donors (Lipinski definition) is 0. The van der Waals surface area contributed by atoms with Crippen molar-refractivity contribution >= 4 is 0 Å². The molecule has 0 N–H and O–H groups in total. The molecule has 2 saturated heterocycles. The molecule has 2 aliphatic heterocycles. The number of ether oxygens (including phenoxy) is 6. The molecule has 2 aliphatic rings. The lowest BCUT2D eigenvalue weighted by molar-refractivity contribution is -0.354. The first-order chi connectivity index (χ1) is 14.5. The molecule has 0 aromatic heterocycles. The summed E-state index contributed by atoms with van der Waals surface area (Å²) in [6, 6.07) is 18.0. The highest BCUT2D eigenvalue weighted by molar-refractivity contribution is 5.26. The van der Waals surface area contributed by atoms with Gasteiger partial charge in [-0.15, -0.1) is 0 Å². The number of hydrogen-bond acceptors (Lipinski definition) is 6. The molecule has 162 valence electrons. The van der Waals surface area contributed by atoms with Gasteiger partial charge in [0.05, 0.1) is 33.5 Å². The maximum atomic E-state index is 6.36. The second kappa shape index (κ2) is 9.45. The lowest BCUT2D eigenvalue weighted by Gasteiger charge is -2.48. The second-order valence-corrected chi connectivity index (χ2v) is 8.12. The molecule has 2 aromatic carbocycles. The Morgan fingerprint density at radius 2 is 1.60 bits per heavy atom. The van der Waals surface area contributed by atoms with E-state index in [0.717, 1.165) is 16.9 Å². The Kier molecular flexibility index (Phi) is 6.71. The van der Waals surface area contributed by atoms with Crippen molar-refractivity contribution in [2.24, 2.45) is 0 Å². The number of methoxy groups -OCH3 is 1. The fourth-order valence-electron chi connectivity index (χ4n) is 3.80. The first kappa shape index (κ1) is 21.3. The largest absolute Gasteiger partial charge is 0.497 e. The summed E-state index contributed by atoms with van der Waals surface area (Å²) in [5.74, 6) is 0.140.